The summed E-state index contributed by atoms with van der Waals surface area (Å²) in [5.74, 6) is -1.06. The van der Waals surface area contributed by atoms with Crippen molar-refractivity contribution >= 4 is 17.6 Å². The van der Waals surface area contributed by atoms with Gasteiger partial charge in [-0.2, -0.15) is 0 Å². The van der Waals surface area contributed by atoms with Crippen molar-refractivity contribution in [3.05, 3.63) is 63.9 Å². The Bertz CT molecular complexity index is 656. The minimum Gasteiger partial charge on any atom is -0.488 e. The van der Waals surface area contributed by atoms with Crippen molar-refractivity contribution in [2.45, 2.75) is 13.5 Å². The summed E-state index contributed by atoms with van der Waals surface area (Å²) < 4.78 is 19.1. The molecule has 0 unspecified atom stereocenters. The third-order valence-electron chi connectivity index (χ3n) is 2.91. The maximum Gasteiger partial charge on any atom is 0.336 e. The van der Waals surface area contributed by atoms with Crippen LogP contribution in [0.1, 0.15) is 21.5 Å². The van der Waals surface area contributed by atoms with Gasteiger partial charge in [-0.25, -0.2) is 9.18 Å². The van der Waals surface area contributed by atoms with Gasteiger partial charge in [-0.1, -0.05) is 23.7 Å². The molecule has 0 bridgehead atoms. The third kappa shape index (κ3) is 3.08. The highest BCUT2D eigenvalue weighted by Gasteiger charge is 2.11. The zero-order chi connectivity index (χ0) is 14.7. The largest absolute Gasteiger partial charge is 0.488 e. The van der Waals surface area contributed by atoms with E-state index in [1.165, 1.54) is 18.2 Å². The molecule has 0 radical (unpaired) electrons. The number of halogens is 2. The molecule has 2 aromatic rings. The van der Waals surface area contributed by atoms with Crippen LogP contribution in [0.5, 0.6) is 5.75 Å². The predicted molar refractivity (Wildman–Crippen MR) is 73.9 cm³/mol. The Morgan fingerprint density at radius 1 is 1.35 bits per heavy atom. The monoisotopic (exact) mass is 294 g/mol. The third-order valence-corrected chi connectivity index (χ3v) is 3.15. The van der Waals surface area contributed by atoms with Gasteiger partial charge in [0.25, 0.3) is 0 Å². The molecule has 1 N–H and O–H groups in total. The molecule has 0 aliphatic carbocycles. The fourth-order valence-electron chi connectivity index (χ4n) is 1.80. The van der Waals surface area contributed by atoms with Crippen LogP contribution in [0.25, 0.3) is 0 Å². The molecule has 0 aromatic heterocycles. The Labute approximate surface area is 120 Å². The number of ether oxygens (including phenoxy) is 1. The maximum atomic E-state index is 13.6. The van der Waals surface area contributed by atoms with Crippen molar-refractivity contribution in [2.24, 2.45) is 0 Å². The number of aromatic carboxylic acids is 1. The van der Waals surface area contributed by atoms with Crippen LogP contribution >= 0.6 is 11.6 Å². The molecule has 2 aromatic carbocycles. The average molecular weight is 295 g/mol. The number of carbonyl (C=O) groups is 1. The highest BCUT2D eigenvalue weighted by Crippen LogP contribution is 2.23. The smallest absolute Gasteiger partial charge is 0.336 e. The summed E-state index contributed by atoms with van der Waals surface area (Å²) in [6, 6.07) is 9.05. The van der Waals surface area contributed by atoms with E-state index in [4.69, 9.17) is 21.4 Å². The highest BCUT2D eigenvalue weighted by atomic mass is 35.5. The van der Waals surface area contributed by atoms with Gasteiger partial charge in [-0.05, 0) is 31.2 Å². The Hall–Kier alpha value is -2.07. The Kier molecular flexibility index (Phi) is 4.25. The molecule has 20 heavy (non-hydrogen) atoms. The van der Waals surface area contributed by atoms with Gasteiger partial charge >= 0.3 is 5.97 Å². The van der Waals surface area contributed by atoms with E-state index in [9.17, 15) is 9.18 Å². The van der Waals surface area contributed by atoms with E-state index >= 15 is 0 Å². The summed E-state index contributed by atoms with van der Waals surface area (Å²) in [6.07, 6.45) is 0. The lowest BCUT2D eigenvalue weighted by molar-refractivity contribution is 0.0695. The van der Waals surface area contributed by atoms with Crippen molar-refractivity contribution in [2.75, 3.05) is 0 Å². The average Bonchev–Trinajstić information content (AvgIpc) is 2.39. The van der Waals surface area contributed by atoms with Gasteiger partial charge < -0.3 is 9.84 Å². The lowest BCUT2D eigenvalue weighted by Crippen LogP contribution is -2.04. The maximum absolute atomic E-state index is 13.6. The standard InChI is InChI=1S/C15H12ClFO3/c1-9-12(15(18)19)3-2-4-14(9)20-8-10-5-6-11(16)7-13(10)17/h2-7H,8H2,1H3,(H,18,19). The fourth-order valence-corrected chi connectivity index (χ4v) is 1.96. The number of carboxylic acid groups (broad SMARTS) is 1. The van der Waals surface area contributed by atoms with Crippen molar-refractivity contribution in [3.63, 3.8) is 0 Å². The summed E-state index contributed by atoms with van der Waals surface area (Å²) >= 11 is 5.67. The topological polar surface area (TPSA) is 46.5 Å². The normalized spacial score (nSPS) is 10.3. The Morgan fingerprint density at radius 3 is 2.75 bits per heavy atom. The molecule has 0 saturated carbocycles. The van der Waals surface area contributed by atoms with E-state index in [1.807, 2.05) is 0 Å². The molecular formula is C15H12ClFO3. The second-order valence-corrected chi connectivity index (χ2v) is 4.69. The molecular weight excluding hydrogens is 283 g/mol. The van der Waals surface area contributed by atoms with E-state index in [0.29, 0.717) is 21.9 Å². The number of hydrogen-bond acceptors (Lipinski definition) is 2. The minimum atomic E-state index is -1.02. The Balaban J connectivity index is 2.19. The molecule has 0 spiro atoms. The minimum absolute atomic E-state index is 0.00686. The molecule has 0 aliphatic heterocycles. The summed E-state index contributed by atoms with van der Waals surface area (Å²) in [4.78, 5) is 11.0. The van der Waals surface area contributed by atoms with Gasteiger partial charge in [0.2, 0.25) is 0 Å². The van der Waals surface area contributed by atoms with E-state index in [1.54, 1.807) is 25.1 Å². The van der Waals surface area contributed by atoms with Crippen molar-refractivity contribution < 1.29 is 19.0 Å². The summed E-state index contributed by atoms with van der Waals surface area (Å²) in [6.45, 7) is 1.66. The number of carboxylic acids is 1. The first-order valence-electron chi connectivity index (χ1n) is 5.88. The van der Waals surface area contributed by atoms with Crippen LogP contribution in [0, 0.1) is 12.7 Å². The second kappa shape index (κ2) is 5.92. The van der Waals surface area contributed by atoms with Crippen molar-refractivity contribution in [1.82, 2.24) is 0 Å². The SMILES string of the molecule is Cc1c(OCc2ccc(Cl)cc2F)cccc1C(=O)O. The first kappa shape index (κ1) is 14.3. The van der Waals surface area contributed by atoms with Crippen LogP contribution in [0.15, 0.2) is 36.4 Å². The van der Waals surface area contributed by atoms with Crippen LogP contribution in [0.4, 0.5) is 4.39 Å². The quantitative estimate of drug-likeness (QED) is 0.925. The summed E-state index contributed by atoms with van der Waals surface area (Å²) in [7, 11) is 0. The van der Waals surface area contributed by atoms with Gasteiger partial charge in [-0.15, -0.1) is 0 Å². The summed E-state index contributed by atoms with van der Waals surface area (Å²) in [5, 5.41) is 9.33. The molecule has 104 valence electrons. The zero-order valence-corrected chi connectivity index (χ0v) is 11.4. The van der Waals surface area contributed by atoms with E-state index in [-0.39, 0.29) is 12.2 Å². The molecule has 0 saturated heterocycles. The lowest BCUT2D eigenvalue weighted by atomic mass is 10.1. The van der Waals surface area contributed by atoms with E-state index < -0.39 is 11.8 Å². The second-order valence-electron chi connectivity index (χ2n) is 4.26. The van der Waals surface area contributed by atoms with Gasteiger partial charge in [0, 0.05) is 16.1 Å². The fraction of sp³-hybridized carbons (Fsp3) is 0.133. The van der Waals surface area contributed by atoms with Crippen molar-refractivity contribution in [1.29, 1.82) is 0 Å². The van der Waals surface area contributed by atoms with Crippen LogP contribution < -0.4 is 4.74 Å². The molecule has 0 amide bonds. The van der Waals surface area contributed by atoms with Crippen LogP contribution in [-0.2, 0) is 6.61 Å². The predicted octanol–water partition coefficient (Wildman–Crippen LogP) is 4.06. The van der Waals surface area contributed by atoms with E-state index in [2.05, 4.69) is 0 Å². The van der Waals surface area contributed by atoms with Gasteiger partial charge in [0.1, 0.15) is 18.2 Å². The lowest BCUT2D eigenvalue weighted by Gasteiger charge is -2.11. The van der Waals surface area contributed by atoms with E-state index in [0.717, 1.165) is 0 Å². The van der Waals surface area contributed by atoms with Gasteiger partial charge in [0.05, 0.1) is 5.56 Å². The highest BCUT2D eigenvalue weighted by molar-refractivity contribution is 6.30. The number of benzene rings is 2. The number of hydrogen-bond donors (Lipinski definition) is 1. The van der Waals surface area contributed by atoms with Crippen LogP contribution in [-0.4, -0.2) is 11.1 Å². The van der Waals surface area contributed by atoms with Crippen LogP contribution in [0.3, 0.4) is 0 Å². The van der Waals surface area contributed by atoms with Crippen molar-refractivity contribution in [3.8, 4) is 5.75 Å². The molecule has 2 rings (SSSR count). The Morgan fingerprint density at radius 2 is 2.10 bits per heavy atom. The molecule has 0 heterocycles. The molecule has 0 fully saturated rings. The van der Waals surface area contributed by atoms with Crippen LogP contribution in [0.2, 0.25) is 5.02 Å². The summed E-state index contributed by atoms with van der Waals surface area (Å²) in [5.41, 5.74) is 1.03. The molecule has 3 nitrogen and oxygen atoms in total. The molecule has 0 aliphatic rings. The van der Waals surface area contributed by atoms with Gasteiger partial charge in [-0.3, -0.25) is 0 Å². The molecule has 5 heteroatoms. The zero-order valence-electron chi connectivity index (χ0n) is 10.7. The first-order chi connectivity index (χ1) is 9.49. The molecule has 0 atom stereocenters. The number of rotatable bonds is 4. The first-order valence-corrected chi connectivity index (χ1v) is 6.26. The van der Waals surface area contributed by atoms with Gasteiger partial charge in [0.15, 0.2) is 0 Å².